The fourth-order valence-corrected chi connectivity index (χ4v) is 12.7. The van der Waals surface area contributed by atoms with Crippen molar-refractivity contribution in [2.75, 3.05) is 53.3 Å². The number of benzene rings is 1. The van der Waals surface area contributed by atoms with Crippen molar-refractivity contribution in [3.63, 3.8) is 0 Å². The summed E-state index contributed by atoms with van der Waals surface area (Å²) in [6, 6.07) is 3.40. The van der Waals surface area contributed by atoms with Crippen LogP contribution >= 0.6 is 0 Å². The Morgan fingerprint density at radius 2 is 1.58 bits per heavy atom. The van der Waals surface area contributed by atoms with Gasteiger partial charge in [-0.2, -0.15) is 0 Å². The maximum Gasteiger partial charge on any atom is 0.341 e. The van der Waals surface area contributed by atoms with E-state index in [9.17, 15) is 44.8 Å². The van der Waals surface area contributed by atoms with E-state index in [0.717, 1.165) is 23.9 Å². The Morgan fingerprint density at radius 3 is 2.20 bits per heavy atom. The number of cyclic esters (lactones) is 1. The van der Waals surface area contributed by atoms with E-state index < -0.39 is 119 Å². The molecule has 446 valence electrons. The van der Waals surface area contributed by atoms with Crippen molar-refractivity contribution >= 4 is 40.2 Å². The molecule has 22 nitrogen and oxygen atoms in total. The molecule has 1 aromatic heterocycles. The number of anilines is 1. The van der Waals surface area contributed by atoms with Gasteiger partial charge in [-0.05, 0) is 112 Å². The van der Waals surface area contributed by atoms with Gasteiger partial charge in [-0.1, -0.05) is 32.9 Å². The highest BCUT2D eigenvalue weighted by atomic mass is 16.7. The van der Waals surface area contributed by atoms with Crippen LogP contribution in [0, 0.1) is 23.7 Å². The van der Waals surface area contributed by atoms with Gasteiger partial charge in [0.2, 0.25) is 5.43 Å². The van der Waals surface area contributed by atoms with Crippen molar-refractivity contribution in [3.8, 4) is 0 Å². The number of pyridine rings is 1. The van der Waals surface area contributed by atoms with E-state index in [-0.39, 0.29) is 61.7 Å². The molecule has 1 unspecified atom stereocenters. The average Bonchev–Trinajstić information content (AvgIpc) is 3.47. The van der Waals surface area contributed by atoms with E-state index in [2.05, 4.69) is 15.8 Å². The average molecular weight is 1120 g/mol. The summed E-state index contributed by atoms with van der Waals surface area (Å²) in [5.41, 5.74) is -2.68. The van der Waals surface area contributed by atoms with Crippen molar-refractivity contribution in [2.24, 2.45) is 28.8 Å². The Bertz CT molecular complexity index is 2530. The van der Waals surface area contributed by atoms with Gasteiger partial charge < -0.3 is 83.6 Å². The van der Waals surface area contributed by atoms with Crippen molar-refractivity contribution in [1.29, 1.82) is 0 Å². The fraction of sp³-hybridized carbons (Fsp3) is 0.772. The maximum atomic E-state index is 14.6. The van der Waals surface area contributed by atoms with E-state index in [1.54, 1.807) is 40.7 Å². The number of esters is 2. The highest BCUT2D eigenvalue weighted by Gasteiger charge is 2.55. The van der Waals surface area contributed by atoms with Gasteiger partial charge in [-0.3, -0.25) is 14.4 Å². The first-order valence-electron chi connectivity index (χ1n) is 28.1. The summed E-state index contributed by atoms with van der Waals surface area (Å²) in [4.78, 5) is 55.3. The molecule has 0 radical (unpaired) electrons. The number of aliphatic hydroxyl groups is 3. The molecule has 19 atom stereocenters. The van der Waals surface area contributed by atoms with E-state index >= 15 is 0 Å². The van der Waals surface area contributed by atoms with Crippen LogP contribution in [0.2, 0.25) is 0 Å². The monoisotopic (exact) mass is 1120 g/mol. The normalized spacial score (nSPS) is 38.3. The number of carboxylic acids is 1. The minimum absolute atomic E-state index is 0.0109. The maximum absolute atomic E-state index is 14.6. The third-order valence-corrected chi connectivity index (χ3v) is 17.5. The second-order valence-corrected chi connectivity index (χ2v) is 23.6. The summed E-state index contributed by atoms with van der Waals surface area (Å²) in [5, 5.41) is 66.5. The molecule has 1 aromatic carbocycles. The van der Waals surface area contributed by atoms with Gasteiger partial charge in [0.15, 0.2) is 18.7 Å². The van der Waals surface area contributed by atoms with E-state index in [1.807, 2.05) is 64.2 Å². The predicted octanol–water partition coefficient (Wildman–Crippen LogP) is 4.86. The Labute approximate surface area is 464 Å². The van der Waals surface area contributed by atoms with Gasteiger partial charge in [0, 0.05) is 87.4 Å². The number of hydrogen-bond donors (Lipinski definition) is 7. The van der Waals surface area contributed by atoms with Gasteiger partial charge in [0.05, 0.1) is 59.7 Å². The van der Waals surface area contributed by atoms with Gasteiger partial charge in [0.25, 0.3) is 0 Å². The van der Waals surface area contributed by atoms with Crippen molar-refractivity contribution in [2.45, 2.75) is 211 Å². The minimum atomic E-state index is -2.00. The van der Waals surface area contributed by atoms with Gasteiger partial charge in [-0.25, -0.2) is 4.79 Å². The second kappa shape index (κ2) is 26.3. The quantitative estimate of drug-likeness (QED) is 0.0482. The number of aromatic carboxylic acids is 1. The van der Waals surface area contributed by atoms with Gasteiger partial charge in [0.1, 0.15) is 29.0 Å². The number of aromatic nitrogens is 1. The number of rotatable bonds is 17. The number of carbonyl (C=O) groups is 3. The molecule has 0 saturated carbocycles. The molecule has 0 spiro atoms. The van der Waals surface area contributed by atoms with Crippen LogP contribution in [0.15, 0.2) is 28.3 Å². The van der Waals surface area contributed by atoms with Crippen LogP contribution in [0.5, 0.6) is 0 Å². The molecule has 3 saturated heterocycles. The molecule has 0 amide bonds. The summed E-state index contributed by atoms with van der Waals surface area (Å²) in [5.74, 6) is -5.94. The van der Waals surface area contributed by atoms with Gasteiger partial charge >= 0.3 is 17.9 Å². The van der Waals surface area contributed by atoms with E-state index in [0.29, 0.717) is 30.6 Å². The number of oxime groups is 1. The lowest BCUT2D eigenvalue weighted by Crippen LogP contribution is -2.61. The molecule has 79 heavy (non-hydrogen) atoms. The van der Waals surface area contributed by atoms with Crippen LogP contribution in [-0.2, 0) is 53.9 Å². The second-order valence-electron chi connectivity index (χ2n) is 23.6. The number of aryl methyl sites for hydroxylation is 1. The summed E-state index contributed by atoms with van der Waals surface area (Å²) in [6.07, 6.45) is -6.43. The van der Waals surface area contributed by atoms with Crippen LogP contribution in [0.25, 0.3) is 10.9 Å². The lowest BCUT2D eigenvalue weighted by molar-refractivity contribution is -0.320. The zero-order valence-corrected chi connectivity index (χ0v) is 49.0. The number of hydrogen-bond acceptors (Lipinski definition) is 20. The number of aliphatic hydroxyl groups excluding tert-OH is 2. The van der Waals surface area contributed by atoms with Crippen LogP contribution in [-0.4, -0.2) is 191 Å². The largest absolute Gasteiger partial charge is 0.477 e. The van der Waals surface area contributed by atoms with Crippen LogP contribution in [0.3, 0.4) is 0 Å². The Balaban J connectivity index is 1.20. The number of carbonyl (C=O) groups excluding carboxylic acids is 2. The van der Waals surface area contributed by atoms with Crippen molar-refractivity contribution < 1.29 is 77.9 Å². The number of likely N-dealkylation sites (N-methyl/N-ethyl adjacent to an activating group) is 1. The molecule has 7 N–H and O–H groups in total. The number of carboxylic acid groups (broad SMARTS) is 1. The van der Waals surface area contributed by atoms with E-state index in [4.69, 9.17) is 37.9 Å². The first-order valence-corrected chi connectivity index (χ1v) is 28.1. The molecule has 4 aliphatic rings. The van der Waals surface area contributed by atoms with Crippen LogP contribution in [0.1, 0.15) is 137 Å². The number of methoxy groups -OCH3 is 2. The summed E-state index contributed by atoms with van der Waals surface area (Å²) >= 11 is 0. The van der Waals surface area contributed by atoms with Crippen molar-refractivity contribution in [1.82, 2.24) is 14.8 Å². The summed E-state index contributed by atoms with van der Waals surface area (Å²) in [6.45, 7) is 20.4. The van der Waals surface area contributed by atoms with E-state index in [1.165, 1.54) is 27.3 Å². The summed E-state index contributed by atoms with van der Waals surface area (Å²) in [7, 11) is 6.75. The lowest BCUT2D eigenvalue weighted by atomic mass is 9.73. The molecule has 0 bridgehead atoms. The highest BCUT2D eigenvalue weighted by Crippen LogP contribution is 2.43. The van der Waals surface area contributed by atoms with Crippen LogP contribution in [0.4, 0.5) is 5.69 Å². The standard InChI is InChI=1S/C57H91N5O17/c1-16-41-57(11,70)49(66)32(5)44(60-71)29(2)26-55(9,72-14)50(79-54-47(65)40(61(12)13)23-31(4)74-54)33(6)48(34(7)53(69)76-41)78-43-27-56(10,73-15)51(35(8)75-43)77-42(63)19-20-58-21-22-59-37-24-36-18-17-30(3)62-28-39(52(67)68)46(64)38(25-37)45(36)62/h24-25,28-35,40-41,43,47-51,54,58-59,65-66,70-71H,16-23,26-27H2,1-15H3,(H,67,68)/b60-44+/t29-,30?,31-,32+,33+,34-,35+,40+,41-,43+,47-,48+,49-,50-,51+,54+,55-,56-,57-/m1/s1. The molecule has 5 heterocycles. The Hall–Kier alpha value is -4.33. The minimum Gasteiger partial charge on any atom is -0.477 e. The first-order chi connectivity index (χ1) is 37.1. The predicted molar refractivity (Wildman–Crippen MR) is 293 cm³/mol. The number of ether oxygens (including phenoxy) is 8. The first kappa shape index (κ1) is 63.8. The molecule has 0 aliphatic carbocycles. The number of nitrogens with zero attached hydrogens (tertiary/aromatic N) is 3. The molecule has 6 rings (SSSR count). The zero-order valence-electron chi connectivity index (χ0n) is 49.0. The third-order valence-electron chi connectivity index (χ3n) is 17.5. The van der Waals surface area contributed by atoms with Crippen molar-refractivity contribution in [3.05, 3.63) is 39.7 Å². The third kappa shape index (κ3) is 13.8. The Kier molecular flexibility index (Phi) is 21.2. The smallest absolute Gasteiger partial charge is 0.341 e. The topological polar surface area (TPSA) is 288 Å². The summed E-state index contributed by atoms with van der Waals surface area (Å²) < 4.78 is 53.5. The number of nitrogens with one attached hydrogen (secondary N) is 2. The Morgan fingerprint density at radius 1 is 0.911 bits per heavy atom. The molecule has 4 aliphatic heterocycles. The van der Waals surface area contributed by atoms with Crippen LogP contribution < -0.4 is 16.1 Å². The highest BCUT2D eigenvalue weighted by molar-refractivity contribution is 5.95. The molecular formula is C57H91N5O17. The molecule has 2 aromatic rings. The SMILES string of the molecule is CC[C@H]1OC(=O)[C@H](C)[C@@H](O[C@H]2C[C@@](C)(OC)[C@@H](OC(=O)CCNCCNc3cc4c5c(c3)c(=O)c(C(=O)O)cn5C(C)CC4)[C@H](C)O2)[C@H](C)[C@@H](O[C@@H]2O[C@H](C)C[C@H](N(C)C)[C@H]2O)[C@](C)(OC)C[C@@H](C)/C(=N\O)[C@H](C)[C@@H](O)[C@]1(C)O. The lowest BCUT2D eigenvalue weighted by Gasteiger charge is -2.50. The van der Waals surface area contributed by atoms with Gasteiger partial charge in [-0.15, -0.1) is 0 Å². The molecule has 22 heteroatoms. The molecule has 3 fully saturated rings. The fourth-order valence-electron chi connectivity index (χ4n) is 12.7. The zero-order chi connectivity index (χ0) is 58.6. The molecular weight excluding hydrogens is 1030 g/mol.